The maximum atomic E-state index is 14.1. The van der Waals surface area contributed by atoms with Gasteiger partial charge in [-0.25, -0.2) is 0 Å². The van der Waals surface area contributed by atoms with Gasteiger partial charge in [0.2, 0.25) is 0 Å². The fraction of sp³-hybridized carbons (Fsp3) is 0.562. The topological polar surface area (TPSA) is 72.8 Å². The lowest BCUT2D eigenvalue weighted by Gasteiger charge is -2.37. The van der Waals surface area contributed by atoms with Crippen LogP contribution in [0.15, 0.2) is 18.2 Å². The van der Waals surface area contributed by atoms with Crippen LogP contribution in [0.4, 0.5) is 0 Å². The van der Waals surface area contributed by atoms with Crippen LogP contribution in [0.1, 0.15) is 34.6 Å². The van der Waals surface area contributed by atoms with E-state index in [1.54, 1.807) is 32.0 Å². The van der Waals surface area contributed by atoms with Gasteiger partial charge in [-0.3, -0.25) is 4.79 Å². The highest BCUT2D eigenvalue weighted by molar-refractivity contribution is 7.74. The third kappa shape index (κ3) is 2.14. The minimum atomic E-state index is -3.21. The van der Waals surface area contributed by atoms with Gasteiger partial charge in [-0.2, -0.15) is 0 Å². The molecular weight excluding hydrogens is 303 g/mol. The van der Waals surface area contributed by atoms with E-state index in [0.29, 0.717) is 16.8 Å². The van der Waals surface area contributed by atoms with Crippen molar-refractivity contribution in [3.05, 3.63) is 18.2 Å². The maximum absolute atomic E-state index is 14.1. The molecule has 1 heterocycles. The minimum absolute atomic E-state index is 0.455. The van der Waals surface area contributed by atoms with Crippen LogP contribution in [-0.2, 0) is 9.36 Å². The molecule has 2 rings (SSSR count). The highest BCUT2D eigenvalue weighted by atomic mass is 31.2. The molecule has 1 aromatic rings. The highest BCUT2D eigenvalue weighted by Gasteiger charge is 2.61. The van der Waals surface area contributed by atoms with Gasteiger partial charge in [0.25, 0.3) is 0 Å². The summed E-state index contributed by atoms with van der Waals surface area (Å²) in [5, 5.41) is 9.44. The molecule has 122 valence electrons. The first-order valence-electron chi connectivity index (χ1n) is 7.15. The summed E-state index contributed by atoms with van der Waals surface area (Å²) >= 11 is 0. The molecular formula is C16H23O5P. The molecule has 0 saturated heterocycles. The number of carbonyl (C=O) groups is 1. The van der Waals surface area contributed by atoms with E-state index in [0.717, 1.165) is 0 Å². The van der Waals surface area contributed by atoms with Gasteiger partial charge in [-0.1, -0.05) is 26.8 Å². The quantitative estimate of drug-likeness (QED) is 0.863. The molecule has 1 N–H and O–H groups in total. The summed E-state index contributed by atoms with van der Waals surface area (Å²) in [7, 11) is -1.70. The number of ether oxygens (including phenoxy) is 2. The first kappa shape index (κ1) is 16.9. The van der Waals surface area contributed by atoms with E-state index >= 15 is 0 Å². The van der Waals surface area contributed by atoms with Crippen LogP contribution in [-0.4, -0.2) is 29.2 Å². The minimum Gasteiger partial charge on any atom is -0.496 e. The lowest BCUT2D eigenvalue weighted by molar-refractivity contribution is -0.149. The SMILES string of the molecule is COc1cccc2c1[P@](=O)(C(C)(C)C)C(C(C)(C)C(=O)O)O2. The smallest absolute Gasteiger partial charge is 0.313 e. The van der Waals surface area contributed by atoms with Crippen LogP contribution < -0.4 is 14.8 Å². The first-order chi connectivity index (χ1) is 9.97. The first-order valence-corrected chi connectivity index (χ1v) is 8.93. The van der Waals surface area contributed by atoms with Crippen LogP contribution in [0, 0.1) is 5.41 Å². The van der Waals surface area contributed by atoms with Gasteiger partial charge >= 0.3 is 5.97 Å². The summed E-state index contributed by atoms with van der Waals surface area (Å²) < 4.78 is 25.3. The van der Waals surface area contributed by atoms with Gasteiger partial charge in [0.15, 0.2) is 13.0 Å². The second-order valence-electron chi connectivity index (χ2n) is 7.13. The molecule has 2 atom stereocenters. The summed E-state index contributed by atoms with van der Waals surface area (Å²) in [6.45, 7) is 8.66. The monoisotopic (exact) mass is 326 g/mol. The average Bonchev–Trinajstić information content (AvgIpc) is 2.73. The van der Waals surface area contributed by atoms with Crippen molar-refractivity contribution in [1.29, 1.82) is 0 Å². The van der Waals surface area contributed by atoms with Crippen molar-refractivity contribution in [2.45, 2.75) is 45.6 Å². The molecule has 1 aliphatic heterocycles. The Hall–Kier alpha value is -1.48. The fourth-order valence-corrected chi connectivity index (χ4v) is 6.63. The second kappa shape index (κ2) is 5.02. The van der Waals surface area contributed by atoms with Crippen molar-refractivity contribution in [2.75, 3.05) is 7.11 Å². The molecule has 0 aliphatic carbocycles. The Kier molecular flexibility index (Phi) is 3.85. The summed E-state index contributed by atoms with van der Waals surface area (Å²) in [4.78, 5) is 11.7. The summed E-state index contributed by atoms with van der Waals surface area (Å²) in [5.74, 6) is -1.02. The standard InChI is InChI=1S/C16H23O5P/c1-15(2,3)22(19)12-10(20-6)8-7-9-11(12)21-14(22)16(4,5)13(17)18/h7-9,14H,1-6H3,(H,17,18)/t14?,22-/m1/s1. The third-order valence-corrected chi connectivity index (χ3v) is 8.76. The number of benzene rings is 1. The Morgan fingerprint density at radius 1 is 1.27 bits per heavy atom. The van der Waals surface area contributed by atoms with Crippen LogP contribution >= 0.6 is 7.14 Å². The molecule has 1 aromatic carbocycles. The van der Waals surface area contributed by atoms with E-state index in [1.807, 2.05) is 20.8 Å². The summed E-state index contributed by atoms with van der Waals surface area (Å²) in [6, 6.07) is 5.20. The van der Waals surface area contributed by atoms with Crippen LogP contribution in [0.5, 0.6) is 11.5 Å². The van der Waals surface area contributed by atoms with Gasteiger partial charge in [0.1, 0.15) is 16.9 Å². The molecule has 1 aliphatic rings. The average molecular weight is 326 g/mol. The van der Waals surface area contributed by atoms with Gasteiger partial charge in [0, 0.05) is 5.16 Å². The molecule has 1 unspecified atom stereocenters. The van der Waals surface area contributed by atoms with Gasteiger partial charge < -0.3 is 19.1 Å². The Labute approximate surface area is 131 Å². The zero-order chi connectivity index (χ0) is 16.9. The Bertz CT molecular complexity index is 657. The molecule has 0 spiro atoms. The van der Waals surface area contributed by atoms with E-state index in [4.69, 9.17) is 9.47 Å². The highest BCUT2D eigenvalue weighted by Crippen LogP contribution is 2.70. The number of fused-ring (bicyclic) bond motifs is 1. The third-order valence-electron chi connectivity index (χ3n) is 4.25. The predicted octanol–water partition coefficient (Wildman–Crippen LogP) is 3.31. The van der Waals surface area contributed by atoms with E-state index in [-0.39, 0.29) is 0 Å². The number of rotatable bonds is 3. The molecule has 5 nitrogen and oxygen atoms in total. The number of methoxy groups -OCH3 is 1. The van der Waals surface area contributed by atoms with Crippen molar-refractivity contribution >= 4 is 18.4 Å². The number of aliphatic carboxylic acids is 1. The molecule has 0 saturated carbocycles. The number of carboxylic acid groups (broad SMARTS) is 1. The number of hydrogen-bond donors (Lipinski definition) is 1. The second-order valence-corrected chi connectivity index (χ2v) is 10.7. The van der Waals surface area contributed by atoms with Crippen molar-refractivity contribution in [1.82, 2.24) is 0 Å². The number of hydrogen-bond acceptors (Lipinski definition) is 4. The van der Waals surface area contributed by atoms with Crippen LogP contribution in [0.25, 0.3) is 0 Å². The lowest BCUT2D eigenvalue weighted by atomic mass is 9.95. The molecule has 0 bridgehead atoms. The van der Waals surface area contributed by atoms with Crippen molar-refractivity contribution < 1.29 is 23.9 Å². The Morgan fingerprint density at radius 2 is 1.86 bits per heavy atom. The molecule has 22 heavy (non-hydrogen) atoms. The maximum Gasteiger partial charge on any atom is 0.313 e. The fourth-order valence-electron chi connectivity index (χ4n) is 2.80. The normalized spacial score (nSPS) is 24.5. The van der Waals surface area contributed by atoms with Gasteiger partial charge in [0.05, 0.1) is 12.4 Å². The van der Waals surface area contributed by atoms with Crippen molar-refractivity contribution in [3.63, 3.8) is 0 Å². The van der Waals surface area contributed by atoms with Crippen molar-refractivity contribution in [3.8, 4) is 11.5 Å². The number of carboxylic acids is 1. The largest absolute Gasteiger partial charge is 0.496 e. The zero-order valence-corrected chi connectivity index (χ0v) is 14.7. The molecule has 0 amide bonds. The zero-order valence-electron chi connectivity index (χ0n) is 13.8. The molecule has 0 radical (unpaired) electrons. The molecule has 0 fully saturated rings. The van der Waals surface area contributed by atoms with E-state index in [1.165, 1.54) is 7.11 Å². The Morgan fingerprint density at radius 3 is 2.32 bits per heavy atom. The van der Waals surface area contributed by atoms with E-state index in [9.17, 15) is 14.5 Å². The van der Waals surface area contributed by atoms with Gasteiger partial charge in [-0.05, 0) is 26.0 Å². The van der Waals surface area contributed by atoms with E-state index < -0.39 is 29.5 Å². The van der Waals surface area contributed by atoms with Gasteiger partial charge in [-0.15, -0.1) is 0 Å². The molecule has 0 aromatic heterocycles. The summed E-state index contributed by atoms with van der Waals surface area (Å²) in [6.07, 6.45) is 0. The Balaban J connectivity index is 2.78. The van der Waals surface area contributed by atoms with Crippen LogP contribution in [0.3, 0.4) is 0 Å². The lowest BCUT2D eigenvalue weighted by Crippen LogP contribution is -2.43. The van der Waals surface area contributed by atoms with Crippen LogP contribution in [0.2, 0.25) is 0 Å². The van der Waals surface area contributed by atoms with Crippen molar-refractivity contribution in [2.24, 2.45) is 5.41 Å². The predicted molar refractivity (Wildman–Crippen MR) is 85.8 cm³/mol. The van der Waals surface area contributed by atoms with E-state index in [2.05, 4.69) is 0 Å². The molecule has 6 heteroatoms. The summed E-state index contributed by atoms with van der Waals surface area (Å²) in [5.41, 5.74) is -1.28.